The van der Waals surface area contributed by atoms with E-state index in [0.29, 0.717) is 53.0 Å². The van der Waals surface area contributed by atoms with Gasteiger partial charge in [0.2, 0.25) is 0 Å². The molecule has 0 aliphatic carbocycles. The van der Waals surface area contributed by atoms with Gasteiger partial charge < -0.3 is 34.5 Å². The molecule has 0 amide bonds. The molecular formula is C33H39F2N5O4SSi. The second kappa shape index (κ2) is 15.5. The number of hydrogen-bond donors (Lipinski definition) is 3. The Hall–Kier alpha value is -4.09. The molecule has 0 fully saturated rings. The Bertz CT molecular complexity index is 1710. The first-order valence-corrected chi connectivity index (χ1v) is 19.1. The van der Waals surface area contributed by atoms with E-state index >= 15 is 8.78 Å². The predicted octanol–water partition coefficient (Wildman–Crippen LogP) is 7.41. The molecule has 0 saturated carbocycles. The van der Waals surface area contributed by atoms with Crippen LogP contribution in [-0.4, -0.2) is 53.7 Å². The summed E-state index contributed by atoms with van der Waals surface area (Å²) in [5, 5.41) is 25.1. The Morgan fingerprint density at radius 2 is 1.87 bits per heavy atom. The highest BCUT2D eigenvalue weighted by Crippen LogP contribution is 2.40. The van der Waals surface area contributed by atoms with Crippen molar-refractivity contribution in [3.63, 3.8) is 0 Å². The summed E-state index contributed by atoms with van der Waals surface area (Å²) in [6.07, 6.45) is 3.69. The maximum atomic E-state index is 15.3. The number of benzene rings is 2. The van der Waals surface area contributed by atoms with Crippen LogP contribution in [0.4, 0.5) is 14.5 Å². The molecule has 4 aromatic rings. The fourth-order valence-corrected chi connectivity index (χ4v) is 5.54. The molecule has 0 aliphatic heterocycles. The van der Waals surface area contributed by atoms with Crippen LogP contribution >= 0.6 is 12.2 Å². The zero-order valence-corrected chi connectivity index (χ0v) is 28.4. The molecule has 13 heteroatoms. The first kappa shape index (κ1) is 34.8. The molecule has 2 aromatic carbocycles. The van der Waals surface area contributed by atoms with Gasteiger partial charge in [-0.2, -0.15) is 5.26 Å². The maximum Gasteiger partial charge on any atom is 0.198 e. The summed E-state index contributed by atoms with van der Waals surface area (Å²) in [6, 6.07) is 12.1. The molecule has 0 radical (unpaired) electrons. The van der Waals surface area contributed by atoms with Crippen LogP contribution in [0.1, 0.15) is 25.8 Å². The molecule has 2 aromatic heterocycles. The van der Waals surface area contributed by atoms with E-state index in [2.05, 4.69) is 41.3 Å². The summed E-state index contributed by atoms with van der Waals surface area (Å²) in [5.41, 5.74) is 2.23. The fraction of sp³-hybridized carbons (Fsp3) is 0.364. The molecule has 9 nitrogen and oxygen atoms in total. The Morgan fingerprint density at radius 3 is 2.52 bits per heavy atom. The van der Waals surface area contributed by atoms with Gasteiger partial charge in [0.15, 0.2) is 22.5 Å². The fourth-order valence-electron chi connectivity index (χ4n) is 4.57. The van der Waals surface area contributed by atoms with E-state index in [4.69, 9.17) is 31.5 Å². The Labute approximate surface area is 274 Å². The lowest BCUT2D eigenvalue weighted by atomic mass is 10.0. The van der Waals surface area contributed by atoms with Gasteiger partial charge in [-0.3, -0.25) is 0 Å². The number of pyridine rings is 1. The number of aromatic nitrogens is 2. The molecule has 3 N–H and O–H groups in total. The zero-order chi connectivity index (χ0) is 33.4. The molecular weight excluding hydrogens is 629 g/mol. The summed E-state index contributed by atoms with van der Waals surface area (Å²) >= 11 is 5.17. The standard InChI is InChI=1S/C33H39F2N5O4SSi/c1-21(2)43-28-8-7-22(15-23(28)18-36)25-19-40(20-42-13-14-46(3,4)5)32-30(25)29(9-11-37-32)44-31-26(34)16-24(17-27(31)35)39-33(45)38-10-6-12-41/h7-9,11,15-17,19,21,41H,6,10,12-14,20H2,1-5H3,(H2,38,39,45). The number of nitrogens with one attached hydrogen (secondary N) is 2. The van der Waals surface area contributed by atoms with Crippen LogP contribution in [0, 0.1) is 23.0 Å². The number of ether oxygens (including phenoxy) is 3. The van der Waals surface area contributed by atoms with E-state index in [1.807, 2.05) is 30.7 Å². The minimum absolute atomic E-state index is 0.0127. The average Bonchev–Trinajstić information content (AvgIpc) is 3.36. The zero-order valence-electron chi connectivity index (χ0n) is 26.6. The number of rotatable bonds is 14. The summed E-state index contributed by atoms with van der Waals surface area (Å²) in [4.78, 5) is 4.57. The first-order valence-electron chi connectivity index (χ1n) is 15.0. The molecule has 0 atom stereocenters. The van der Waals surface area contributed by atoms with Gasteiger partial charge in [-0.1, -0.05) is 25.7 Å². The highest BCUT2D eigenvalue weighted by Gasteiger charge is 2.22. The van der Waals surface area contributed by atoms with Gasteiger partial charge >= 0.3 is 0 Å². The van der Waals surface area contributed by atoms with Gasteiger partial charge in [0.05, 0.1) is 17.1 Å². The average molecular weight is 668 g/mol. The van der Waals surface area contributed by atoms with Gasteiger partial charge in [-0.25, -0.2) is 13.8 Å². The molecule has 0 bridgehead atoms. The number of thiocarbonyl (C=S) groups is 1. The number of hydrogen-bond acceptors (Lipinski definition) is 7. The van der Waals surface area contributed by atoms with Crippen molar-refractivity contribution >= 4 is 42.1 Å². The summed E-state index contributed by atoms with van der Waals surface area (Å²) in [6.45, 7) is 11.8. The van der Waals surface area contributed by atoms with Gasteiger partial charge in [0.1, 0.15) is 29.9 Å². The van der Waals surface area contributed by atoms with Crippen molar-refractivity contribution in [2.45, 2.75) is 58.8 Å². The van der Waals surface area contributed by atoms with Crippen molar-refractivity contribution < 1.29 is 28.1 Å². The second-order valence-corrected chi connectivity index (χ2v) is 18.2. The highest BCUT2D eigenvalue weighted by molar-refractivity contribution is 7.80. The van der Waals surface area contributed by atoms with Gasteiger partial charge in [0, 0.05) is 63.6 Å². The number of aliphatic hydroxyl groups is 1. The third-order valence-corrected chi connectivity index (χ3v) is 8.76. The number of halogens is 2. The van der Waals surface area contributed by atoms with Crippen LogP contribution in [0.3, 0.4) is 0 Å². The monoisotopic (exact) mass is 667 g/mol. The van der Waals surface area contributed by atoms with Crippen LogP contribution in [0.15, 0.2) is 48.8 Å². The summed E-state index contributed by atoms with van der Waals surface area (Å²) in [7, 11) is -1.32. The van der Waals surface area contributed by atoms with Crippen molar-refractivity contribution in [3.8, 4) is 34.4 Å². The lowest BCUT2D eigenvalue weighted by Gasteiger charge is -2.15. The Kier molecular flexibility index (Phi) is 11.7. The minimum Gasteiger partial charge on any atom is -0.490 e. The Balaban J connectivity index is 1.74. The molecule has 0 saturated heterocycles. The quantitative estimate of drug-likeness (QED) is 0.0719. The van der Waals surface area contributed by atoms with E-state index in [1.54, 1.807) is 12.1 Å². The van der Waals surface area contributed by atoms with Crippen LogP contribution in [-0.2, 0) is 11.5 Å². The van der Waals surface area contributed by atoms with Crippen LogP contribution in [0.5, 0.6) is 17.2 Å². The largest absolute Gasteiger partial charge is 0.490 e. The summed E-state index contributed by atoms with van der Waals surface area (Å²) in [5.74, 6) is -1.86. The molecule has 4 rings (SSSR count). The number of anilines is 1. The third kappa shape index (κ3) is 9.00. The van der Waals surface area contributed by atoms with Gasteiger partial charge in [-0.05, 0) is 62.3 Å². The smallest absolute Gasteiger partial charge is 0.198 e. The van der Waals surface area contributed by atoms with Crippen molar-refractivity contribution in [2.24, 2.45) is 0 Å². The van der Waals surface area contributed by atoms with Crippen LogP contribution in [0.2, 0.25) is 25.7 Å². The van der Waals surface area contributed by atoms with E-state index in [0.717, 1.165) is 18.2 Å². The van der Waals surface area contributed by atoms with Gasteiger partial charge in [-0.15, -0.1) is 0 Å². The van der Waals surface area contributed by atoms with E-state index < -0.39 is 25.5 Å². The number of fused-ring (bicyclic) bond motifs is 1. The van der Waals surface area contributed by atoms with Crippen LogP contribution in [0.25, 0.3) is 22.2 Å². The lowest BCUT2D eigenvalue weighted by molar-refractivity contribution is 0.0899. The number of nitriles is 1. The predicted molar refractivity (Wildman–Crippen MR) is 182 cm³/mol. The molecule has 0 aliphatic rings. The minimum atomic E-state index is -1.32. The topological polar surface area (TPSA) is 114 Å². The number of aliphatic hydroxyl groups excluding tert-OH is 1. The van der Waals surface area contributed by atoms with Crippen molar-refractivity contribution in [1.29, 1.82) is 5.26 Å². The van der Waals surface area contributed by atoms with Crippen molar-refractivity contribution in [2.75, 3.05) is 25.1 Å². The maximum absolute atomic E-state index is 15.3. The number of nitrogens with zero attached hydrogens (tertiary/aromatic N) is 3. The van der Waals surface area contributed by atoms with Crippen LogP contribution < -0.4 is 20.1 Å². The molecule has 2 heterocycles. The van der Waals surface area contributed by atoms with Gasteiger partial charge in [0.25, 0.3) is 0 Å². The van der Waals surface area contributed by atoms with E-state index in [1.165, 1.54) is 12.3 Å². The van der Waals surface area contributed by atoms with E-state index in [-0.39, 0.29) is 36.0 Å². The Morgan fingerprint density at radius 1 is 1.13 bits per heavy atom. The molecule has 0 spiro atoms. The third-order valence-electron chi connectivity index (χ3n) is 6.81. The van der Waals surface area contributed by atoms with Crippen molar-refractivity contribution in [3.05, 3.63) is 66.0 Å². The summed E-state index contributed by atoms with van der Waals surface area (Å²) < 4.78 is 50.3. The first-order chi connectivity index (χ1) is 21.9. The molecule has 0 unspecified atom stereocenters. The SMILES string of the molecule is CC(C)Oc1ccc(-c2cn(COCC[Si](C)(C)C)c3nccc(Oc4c(F)cc(NC(=S)NCCCO)cc4F)c23)cc1C#N. The molecule has 244 valence electrons. The second-order valence-electron chi connectivity index (χ2n) is 12.2. The highest BCUT2D eigenvalue weighted by atomic mass is 32.1. The lowest BCUT2D eigenvalue weighted by Crippen LogP contribution is -2.29. The van der Waals surface area contributed by atoms with Crippen molar-refractivity contribution in [1.82, 2.24) is 14.9 Å². The molecule has 46 heavy (non-hydrogen) atoms. The van der Waals surface area contributed by atoms with E-state index in [9.17, 15) is 5.26 Å². The normalized spacial score (nSPS) is 11.5.